The van der Waals surface area contributed by atoms with Crippen LogP contribution in [-0.4, -0.2) is 12.8 Å². The van der Waals surface area contributed by atoms with Crippen molar-refractivity contribution in [3.63, 3.8) is 0 Å². The Balaban J connectivity index is 1.73. The number of ether oxygens (including phenoxy) is 2. The van der Waals surface area contributed by atoms with Crippen LogP contribution in [0.3, 0.4) is 0 Å². The topological polar surface area (TPSA) is 30.5 Å². The fourth-order valence-electron chi connectivity index (χ4n) is 3.14. The number of fused-ring (bicyclic) bond motifs is 1. The maximum atomic E-state index is 5.44. The van der Waals surface area contributed by atoms with E-state index in [1.54, 1.807) is 0 Å². The largest absolute Gasteiger partial charge is 0.454 e. The molecule has 1 aromatic rings. The quantitative estimate of drug-likeness (QED) is 0.903. The molecule has 0 saturated heterocycles. The van der Waals surface area contributed by atoms with Gasteiger partial charge in [0.25, 0.3) is 0 Å². The van der Waals surface area contributed by atoms with E-state index in [9.17, 15) is 0 Å². The van der Waals surface area contributed by atoms with Crippen LogP contribution >= 0.6 is 0 Å². The zero-order valence-corrected chi connectivity index (χ0v) is 12.4. The molecule has 104 valence electrons. The van der Waals surface area contributed by atoms with Crippen LogP contribution in [0.4, 0.5) is 0 Å². The summed E-state index contributed by atoms with van der Waals surface area (Å²) in [6.07, 6.45) is 0. The van der Waals surface area contributed by atoms with E-state index in [2.05, 4.69) is 52.1 Å². The second-order valence-electron chi connectivity index (χ2n) is 6.88. The van der Waals surface area contributed by atoms with E-state index >= 15 is 0 Å². The Morgan fingerprint density at radius 1 is 1.11 bits per heavy atom. The Labute approximate surface area is 115 Å². The normalized spacial score (nSPS) is 24.3. The van der Waals surface area contributed by atoms with Crippen LogP contribution in [0, 0.1) is 10.8 Å². The third-order valence-electron chi connectivity index (χ3n) is 5.33. The standard InChI is InChI=1S/C16H23NO2/c1-10(17-14-15(2,3)16(14,4)5)11-6-7-12-13(8-11)19-9-18-12/h6-8,10,14,17H,9H2,1-5H3. The summed E-state index contributed by atoms with van der Waals surface area (Å²) in [4.78, 5) is 0. The Morgan fingerprint density at radius 3 is 2.37 bits per heavy atom. The van der Waals surface area contributed by atoms with Crippen LogP contribution in [0.15, 0.2) is 18.2 Å². The highest BCUT2D eigenvalue weighted by atomic mass is 16.7. The Kier molecular flexibility index (Phi) is 2.62. The molecular weight excluding hydrogens is 238 g/mol. The molecule has 1 fully saturated rings. The summed E-state index contributed by atoms with van der Waals surface area (Å²) in [6.45, 7) is 11.9. The predicted molar refractivity (Wildman–Crippen MR) is 75.5 cm³/mol. The van der Waals surface area contributed by atoms with Gasteiger partial charge >= 0.3 is 0 Å². The van der Waals surface area contributed by atoms with E-state index in [0.717, 1.165) is 11.5 Å². The maximum Gasteiger partial charge on any atom is 0.231 e. The molecule has 0 aromatic heterocycles. The van der Waals surface area contributed by atoms with E-state index in [1.807, 2.05) is 6.07 Å². The molecular formula is C16H23NO2. The molecule has 1 aliphatic carbocycles. The van der Waals surface area contributed by atoms with Crippen molar-refractivity contribution in [1.82, 2.24) is 5.32 Å². The number of hydrogen-bond donors (Lipinski definition) is 1. The molecule has 3 heteroatoms. The van der Waals surface area contributed by atoms with Crippen molar-refractivity contribution >= 4 is 0 Å². The highest BCUT2D eigenvalue weighted by Gasteiger charge is 2.64. The molecule has 0 radical (unpaired) electrons. The lowest BCUT2D eigenvalue weighted by molar-refractivity contribution is 0.174. The van der Waals surface area contributed by atoms with Gasteiger partial charge in [-0.2, -0.15) is 0 Å². The first-order chi connectivity index (χ1) is 8.84. The maximum absolute atomic E-state index is 5.44. The van der Waals surface area contributed by atoms with Crippen molar-refractivity contribution in [1.29, 1.82) is 0 Å². The van der Waals surface area contributed by atoms with Crippen LogP contribution in [0.2, 0.25) is 0 Å². The molecule has 1 unspecified atom stereocenters. The van der Waals surface area contributed by atoms with Gasteiger partial charge in [0.1, 0.15) is 0 Å². The highest BCUT2D eigenvalue weighted by Crippen LogP contribution is 2.63. The fraction of sp³-hybridized carbons (Fsp3) is 0.625. The van der Waals surface area contributed by atoms with Crippen molar-refractivity contribution in [3.05, 3.63) is 23.8 Å². The highest BCUT2D eigenvalue weighted by molar-refractivity contribution is 5.45. The van der Waals surface area contributed by atoms with Gasteiger partial charge in [-0.05, 0) is 35.4 Å². The van der Waals surface area contributed by atoms with Gasteiger partial charge in [0.15, 0.2) is 11.5 Å². The van der Waals surface area contributed by atoms with Gasteiger partial charge in [0, 0.05) is 12.1 Å². The number of hydrogen-bond acceptors (Lipinski definition) is 3. The van der Waals surface area contributed by atoms with Crippen molar-refractivity contribution < 1.29 is 9.47 Å². The van der Waals surface area contributed by atoms with Gasteiger partial charge in [-0.25, -0.2) is 0 Å². The minimum atomic E-state index is 0.320. The molecule has 0 amide bonds. The molecule has 3 rings (SSSR count). The second kappa shape index (κ2) is 3.89. The first-order valence-corrected chi connectivity index (χ1v) is 6.99. The molecule has 1 aliphatic heterocycles. The lowest BCUT2D eigenvalue weighted by Gasteiger charge is -2.16. The molecule has 1 N–H and O–H groups in total. The van der Waals surface area contributed by atoms with E-state index in [-0.39, 0.29) is 0 Å². The molecule has 19 heavy (non-hydrogen) atoms. The fourth-order valence-corrected chi connectivity index (χ4v) is 3.14. The summed E-state index contributed by atoms with van der Waals surface area (Å²) >= 11 is 0. The van der Waals surface area contributed by atoms with Gasteiger partial charge < -0.3 is 14.8 Å². The average molecular weight is 261 g/mol. The molecule has 1 aromatic carbocycles. The molecule has 1 atom stereocenters. The molecule has 1 saturated carbocycles. The van der Waals surface area contributed by atoms with Crippen LogP contribution in [0.25, 0.3) is 0 Å². The minimum absolute atomic E-state index is 0.320. The second-order valence-corrected chi connectivity index (χ2v) is 6.88. The lowest BCUT2D eigenvalue weighted by Crippen LogP contribution is -2.25. The number of benzene rings is 1. The molecule has 0 spiro atoms. The van der Waals surface area contributed by atoms with Crippen molar-refractivity contribution in [2.24, 2.45) is 10.8 Å². The first-order valence-electron chi connectivity index (χ1n) is 6.99. The Hall–Kier alpha value is -1.22. The summed E-state index contributed by atoms with van der Waals surface area (Å²) in [5, 5.41) is 3.75. The minimum Gasteiger partial charge on any atom is -0.454 e. The van der Waals surface area contributed by atoms with Gasteiger partial charge in [0.2, 0.25) is 6.79 Å². The molecule has 2 aliphatic rings. The molecule has 3 nitrogen and oxygen atoms in total. The monoisotopic (exact) mass is 261 g/mol. The van der Waals surface area contributed by atoms with E-state index in [4.69, 9.17) is 9.47 Å². The van der Waals surface area contributed by atoms with Crippen LogP contribution < -0.4 is 14.8 Å². The number of nitrogens with one attached hydrogen (secondary N) is 1. The Bertz CT molecular complexity index is 493. The predicted octanol–water partition coefficient (Wildman–Crippen LogP) is 3.50. The smallest absolute Gasteiger partial charge is 0.231 e. The third-order valence-corrected chi connectivity index (χ3v) is 5.33. The van der Waals surface area contributed by atoms with Crippen LogP contribution in [0.1, 0.15) is 46.2 Å². The van der Waals surface area contributed by atoms with Gasteiger partial charge in [0.05, 0.1) is 0 Å². The summed E-state index contributed by atoms with van der Waals surface area (Å²) < 4.78 is 10.8. The van der Waals surface area contributed by atoms with E-state index in [1.165, 1.54) is 5.56 Å². The van der Waals surface area contributed by atoms with Crippen LogP contribution in [0.5, 0.6) is 11.5 Å². The van der Waals surface area contributed by atoms with Crippen molar-refractivity contribution in [3.8, 4) is 11.5 Å². The lowest BCUT2D eigenvalue weighted by atomic mass is 10.0. The third kappa shape index (κ3) is 1.83. The SMILES string of the molecule is CC(NC1C(C)(C)C1(C)C)c1ccc2c(c1)OCO2. The van der Waals surface area contributed by atoms with E-state index in [0.29, 0.717) is 29.7 Å². The van der Waals surface area contributed by atoms with Crippen molar-refractivity contribution in [2.45, 2.75) is 46.7 Å². The first kappa shape index (κ1) is 12.8. The Morgan fingerprint density at radius 2 is 1.74 bits per heavy atom. The van der Waals surface area contributed by atoms with Gasteiger partial charge in [-0.3, -0.25) is 0 Å². The summed E-state index contributed by atoms with van der Waals surface area (Å²) in [6, 6.07) is 7.08. The van der Waals surface area contributed by atoms with E-state index < -0.39 is 0 Å². The van der Waals surface area contributed by atoms with Gasteiger partial charge in [-0.15, -0.1) is 0 Å². The van der Waals surface area contributed by atoms with Gasteiger partial charge in [-0.1, -0.05) is 33.8 Å². The summed E-state index contributed by atoms with van der Waals surface area (Å²) in [7, 11) is 0. The summed E-state index contributed by atoms with van der Waals surface area (Å²) in [5.74, 6) is 1.71. The molecule has 0 bridgehead atoms. The average Bonchev–Trinajstić information content (AvgIpc) is 2.76. The van der Waals surface area contributed by atoms with Crippen LogP contribution in [-0.2, 0) is 0 Å². The zero-order chi connectivity index (χ0) is 13.8. The molecule has 1 heterocycles. The zero-order valence-electron chi connectivity index (χ0n) is 12.4. The summed E-state index contributed by atoms with van der Waals surface area (Å²) in [5.41, 5.74) is 1.97. The van der Waals surface area contributed by atoms with Crippen molar-refractivity contribution in [2.75, 3.05) is 6.79 Å². The number of rotatable bonds is 3.